The van der Waals surface area contributed by atoms with Crippen LogP contribution in [0.3, 0.4) is 0 Å². The molecule has 5 heteroatoms. The second-order valence-electron chi connectivity index (χ2n) is 13.2. The van der Waals surface area contributed by atoms with Gasteiger partial charge in [0.2, 0.25) is 0 Å². The van der Waals surface area contributed by atoms with Gasteiger partial charge in [-0.05, 0) is 75.1 Å². The average molecular weight is 666 g/mol. The molecule has 242 valence electrons. The lowest BCUT2D eigenvalue weighted by molar-refractivity contribution is 0.669. The van der Waals surface area contributed by atoms with E-state index in [4.69, 9.17) is 23.8 Å². The van der Waals surface area contributed by atoms with Crippen LogP contribution in [0, 0.1) is 0 Å². The van der Waals surface area contributed by atoms with Crippen molar-refractivity contribution >= 4 is 65.4 Å². The lowest BCUT2D eigenvalue weighted by Gasteiger charge is -2.13. The predicted molar refractivity (Wildman–Crippen MR) is 211 cm³/mol. The van der Waals surface area contributed by atoms with Gasteiger partial charge in [0.05, 0.1) is 5.56 Å². The molecule has 3 aromatic heterocycles. The normalized spacial score (nSPS) is 11.8. The summed E-state index contributed by atoms with van der Waals surface area (Å²) in [7, 11) is 0. The van der Waals surface area contributed by atoms with E-state index in [1.165, 1.54) is 0 Å². The molecule has 0 unspecified atom stereocenters. The predicted octanol–water partition coefficient (Wildman–Crippen LogP) is 12.6. The largest absolute Gasteiger partial charge is 0.456 e. The van der Waals surface area contributed by atoms with Gasteiger partial charge in [-0.3, -0.25) is 0 Å². The van der Waals surface area contributed by atoms with Crippen molar-refractivity contribution in [2.24, 2.45) is 0 Å². The number of furan rings is 2. The number of aromatic nitrogens is 3. The van der Waals surface area contributed by atoms with Gasteiger partial charge in [-0.15, -0.1) is 0 Å². The van der Waals surface area contributed by atoms with E-state index >= 15 is 0 Å². The van der Waals surface area contributed by atoms with E-state index in [0.717, 1.165) is 93.2 Å². The average Bonchev–Trinajstić information content (AvgIpc) is 3.79. The summed E-state index contributed by atoms with van der Waals surface area (Å²) in [6.07, 6.45) is 0. The molecule has 11 aromatic rings. The van der Waals surface area contributed by atoms with Crippen molar-refractivity contribution < 1.29 is 8.83 Å². The summed E-state index contributed by atoms with van der Waals surface area (Å²) >= 11 is 0. The molecule has 0 aliphatic heterocycles. The Morgan fingerprint density at radius 3 is 1.79 bits per heavy atom. The van der Waals surface area contributed by atoms with Gasteiger partial charge >= 0.3 is 0 Å². The molecule has 3 heterocycles. The number of hydrogen-bond acceptors (Lipinski definition) is 5. The molecular weight excluding hydrogens is 639 g/mol. The summed E-state index contributed by atoms with van der Waals surface area (Å²) in [6.45, 7) is 0. The zero-order valence-corrected chi connectivity index (χ0v) is 27.7. The molecule has 52 heavy (non-hydrogen) atoms. The molecule has 0 saturated heterocycles. The second kappa shape index (κ2) is 11.2. The quantitative estimate of drug-likeness (QED) is 0.187. The molecule has 0 saturated carbocycles. The Labute approximate surface area is 297 Å². The van der Waals surface area contributed by atoms with Gasteiger partial charge in [0.25, 0.3) is 0 Å². The highest BCUT2D eigenvalue weighted by molar-refractivity contribution is 6.16. The van der Waals surface area contributed by atoms with Crippen LogP contribution in [0.25, 0.3) is 111 Å². The van der Waals surface area contributed by atoms with Crippen LogP contribution >= 0.6 is 0 Å². The van der Waals surface area contributed by atoms with Gasteiger partial charge in [0.1, 0.15) is 22.3 Å². The van der Waals surface area contributed by atoms with Crippen molar-refractivity contribution in [1.29, 1.82) is 0 Å². The smallest absolute Gasteiger partial charge is 0.167 e. The molecule has 0 spiro atoms. The fourth-order valence-corrected chi connectivity index (χ4v) is 7.67. The van der Waals surface area contributed by atoms with E-state index < -0.39 is 0 Å². The van der Waals surface area contributed by atoms with Crippen molar-refractivity contribution in [2.45, 2.75) is 0 Å². The van der Waals surface area contributed by atoms with Crippen LogP contribution in [0.5, 0.6) is 0 Å². The van der Waals surface area contributed by atoms with E-state index in [1.54, 1.807) is 0 Å². The maximum absolute atomic E-state index is 6.48. The summed E-state index contributed by atoms with van der Waals surface area (Å²) in [5.74, 6) is 1.73. The molecule has 0 bridgehead atoms. The third-order valence-electron chi connectivity index (χ3n) is 10.1. The van der Waals surface area contributed by atoms with Crippen LogP contribution < -0.4 is 0 Å². The van der Waals surface area contributed by atoms with Crippen molar-refractivity contribution in [3.8, 4) is 45.3 Å². The summed E-state index contributed by atoms with van der Waals surface area (Å²) < 4.78 is 12.8. The van der Waals surface area contributed by atoms with Crippen molar-refractivity contribution in [3.05, 3.63) is 164 Å². The molecule has 0 fully saturated rings. The van der Waals surface area contributed by atoms with Gasteiger partial charge in [0.15, 0.2) is 17.5 Å². The van der Waals surface area contributed by atoms with Gasteiger partial charge < -0.3 is 8.83 Å². The van der Waals surface area contributed by atoms with E-state index in [1.807, 2.05) is 48.5 Å². The summed E-state index contributed by atoms with van der Waals surface area (Å²) in [5.41, 5.74) is 8.10. The van der Waals surface area contributed by atoms with E-state index in [2.05, 4.69) is 115 Å². The van der Waals surface area contributed by atoms with Crippen molar-refractivity contribution in [3.63, 3.8) is 0 Å². The summed E-state index contributed by atoms with van der Waals surface area (Å²) in [5, 5.41) is 8.77. The standard InChI is InChI=1S/C47H27N3O2/c1-2-12-29-25-31(24-23-28(29)11-1)45-48-46(50-47(49-45)38-19-9-18-36-34-15-5-7-20-40(34)52-44(36)38)32-26-30-13-3-4-14-33(30)39(27-32)35-17-10-22-42-43(35)37-16-6-8-21-41(37)51-42/h1-27H. The summed E-state index contributed by atoms with van der Waals surface area (Å²) in [6, 6.07) is 56.4. The second-order valence-corrected chi connectivity index (χ2v) is 13.2. The van der Waals surface area contributed by atoms with Crippen LogP contribution in [-0.4, -0.2) is 15.0 Å². The number of nitrogens with zero attached hydrogens (tertiary/aromatic N) is 3. The Balaban J connectivity index is 1.19. The van der Waals surface area contributed by atoms with E-state index in [9.17, 15) is 0 Å². The van der Waals surface area contributed by atoms with Gasteiger partial charge in [-0.1, -0.05) is 121 Å². The van der Waals surface area contributed by atoms with Crippen LogP contribution in [0.15, 0.2) is 173 Å². The maximum Gasteiger partial charge on any atom is 0.167 e. The van der Waals surface area contributed by atoms with E-state index in [-0.39, 0.29) is 0 Å². The highest BCUT2D eigenvalue weighted by Crippen LogP contribution is 2.42. The zero-order chi connectivity index (χ0) is 34.2. The minimum Gasteiger partial charge on any atom is -0.456 e. The van der Waals surface area contributed by atoms with Crippen molar-refractivity contribution in [2.75, 3.05) is 0 Å². The number of benzene rings is 8. The first-order valence-electron chi connectivity index (χ1n) is 17.3. The van der Waals surface area contributed by atoms with Crippen LogP contribution in [0.4, 0.5) is 0 Å². The Hall–Kier alpha value is -7.11. The lowest BCUT2D eigenvalue weighted by atomic mass is 9.92. The number of hydrogen-bond donors (Lipinski definition) is 0. The highest BCUT2D eigenvalue weighted by atomic mass is 16.3. The number of fused-ring (bicyclic) bond motifs is 8. The van der Waals surface area contributed by atoms with Crippen LogP contribution in [-0.2, 0) is 0 Å². The van der Waals surface area contributed by atoms with Gasteiger partial charge in [-0.25, -0.2) is 15.0 Å². The SMILES string of the molecule is c1ccc2cc(-c3nc(-c4cc(-c5cccc6oc7ccccc7c56)c5ccccc5c4)nc(-c4cccc5c4oc4ccccc45)n3)ccc2c1. The van der Waals surface area contributed by atoms with Gasteiger partial charge in [0, 0.05) is 32.7 Å². The molecule has 0 amide bonds. The first-order chi connectivity index (χ1) is 25.7. The lowest BCUT2D eigenvalue weighted by Crippen LogP contribution is -2.01. The number of para-hydroxylation sites is 3. The first-order valence-corrected chi connectivity index (χ1v) is 17.3. The third kappa shape index (κ3) is 4.46. The molecule has 0 N–H and O–H groups in total. The van der Waals surface area contributed by atoms with E-state index in [0.29, 0.717) is 17.5 Å². The van der Waals surface area contributed by atoms with Crippen molar-refractivity contribution in [1.82, 2.24) is 15.0 Å². The van der Waals surface area contributed by atoms with Crippen LogP contribution in [0.1, 0.15) is 0 Å². The monoisotopic (exact) mass is 665 g/mol. The maximum atomic E-state index is 6.48. The third-order valence-corrected chi connectivity index (χ3v) is 10.1. The highest BCUT2D eigenvalue weighted by Gasteiger charge is 2.20. The molecule has 0 aliphatic rings. The number of rotatable bonds is 4. The zero-order valence-electron chi connectivity index (χ0n) is 27.7. The molecule has 11 rings (SSSR count). The molecule has 0 aliphatic carbocycles. The van der Waals surface area contributed by atoms with Crippen LogP contribution in [0.2, 0.25) is 0 Å². The molecule has 5 nitrogen and oxygen atoms in total. The first kappa shape index (κ1) is 28.7. The minimum atomic E-state index is 0.551. The van der Waals surface area contributed by atoms with Gasteiger partial charge in [-0.2, -0.15) is 0 Å². The topological polar surface area (TPSA) is 65.0 Å². The fourth-order valence-electron chi connectivity index (χ4n) is 7.67. The fraction of sp³-hybridized carbons (Fsp3) is 0. The Morgan fingerprint density at radius 1 is 0.327 bits per heavy atom. The Bertz CT molecular complexity index is 3210. The minimum absolute atomic E-state index is 0.551. The molecule has 0 radical (unpaired) electrons. The Kier molecular flexibility index (Phi) is 6.18. The Morgan fingerprint density at radius 2 is 0.923 bits per heavy atom. The molecular formula is C47H27N3O2. The molecule has 8 aromatic carbocycles. The summed E-state index contributed by atoms with van der Waals surface area (Å²) in [4.78, 5) is 15.6. The molecule has 0 atom stereocenters.